The third kappa shape index (κ3) is 6.12. The summed E-state index contributed by atoms with van der Waals surface area (Å²) in [5.41, 5.74) is 3.74. The van der Waals surface area contributed by atoms with E-state index in [0.717, 1.165) is 11.3 Å². The molecule has 0 bridgehead atoms. The number of anilines is 2. The summed E-state index contributed by atoms with van der Waals surface area (Å²) in [6.07, 6.45) is 3.14. The molecule has 0 saturated heterocycles. The summed E-state index contributed by atoms with van der Waals surface area (Å²) in [6, 6.07) is 17.8. The molecule has 2 amide bonds. The number of carbonyl (C=O) groups excluding carboxylic acids is 2. The lowest BCUT2D eigenvalue weighted by molar-refractivity contribution is -0.117. The molecule has 0 spiro atoms. The molecule has 1 unspecified atom stereocenters. The number of carbonyl (C=O) groups is 2. The van der Waals surface area contributed by atoms with Gasteiger partial charge in [-0.25, -0.2) is 4.98 Å². The standard InChI is InChI=1S/C25H28N4O2S/c1-18-10-12-20(13-11-18)23(28(3)4)16-26-24(31)15-14-21-17-32-25(27-21)29(19(2)30)22-8-6-5-7-9-22/h5-15,17,23H,16H2,1-4H3,(H,26,31)/b15-14+. The maximum absolute atomic E-state index is 12.4. The van der Waals surface area contributed by atoms with Gasteiger partial charge in [-0.05, 0) is 44.8 Å². The molecule has 3 rings (SSSR count). The molecule has 2 aromatic carbocycles. The number of para-hydroxylation sites is 1. The van der Waals surface area contributed by atoms with Gasteiger partial charge in [0.2, 0.25) is 11.8 Å². The van der Waals surface area contributed by atoms with Crippen molar-refractivity contribution in [3.8, 4) is 0 Å². The van der Waals surface area contributed by atoms with Gasteiger partial charge >= 0.3 is 0 Å². The fourth-order valence-corrected chi connectivity index (χ4v) is 4.12. The van der Waals surface area contributed by atoms with Crippen LogP contribution in [-0.4, -0.2) is 42.3 Å². The van der Waals surface area contributed by atoms with Crippen molar-refractivity contribution in [3.63, 3.8) is 0 Å². The quantitative estimate of drug-likeness (QED) is 0.513. The molecule has 32 heavy (non-hydrogen) atoms. The van der Waals surface area contributed by atoms with Crippen molar-refractivity contribution in [2.24, 2.45) is 0 Å². The van der Waals surface area contributed by atoms with Crippen molar-refractivity contribution >= 4 is 40.0 Å². The zero-order chi connectivity index (χ0) is 23.1. The maximum Gasteiger partial charge on any atom is 0.244 e. The van der Waals surface area contributed by atoms with Gasteiger partial charge in [-0.1, -0.05) is 48.0 Å². The highest BCUT2D eigenvalue weighted by Crippen LogP contribution is 2.29. The molecule has 3 aromatic rings. The number of aromatic nitrogens is 1. The van der Waals surface area contributed by atoms with E-state index in [9.17, 15) is 9.59 Å². The minimum Gasteiger partial charge on any atom is -0.351 e. The third-order valence-corrected chi connectivity index (χ3v) is 5.84. The maximum atomic E-state index is 12.4. The Kier molecular flexibility index (Phi) is 7.92. The number of hydrogen-bond acceptors (Lipinski definition) is 5. The fourth-order valence-electron chi connectivity index (χ4n) is 3.26. The monoisotopic (exact) mass is 448 g/mol. The summed E-state index contributed by atoms with van der Waals surface area (Å²) >= 11 is 1.36. The summed E-state index contributed by atoms with van der Waals surface area (Å²) in [6.45, 7) is 4.06. The molecular weight excluding hydrogens is 420 g/mol. The van der Waals surface area contributed by atoms with Gasteiger partial charge in [0, 0.05) is 24.9 Å². The van der Waals surface area contributed by atoms with Crippen LogP contribution in [-0.2, 0) is 9.59 Å². The minimum atomic E-state index is -0.190. The average Bonchev–Trinajstić information content (AvgIpc) is 3.22. The first-order chi connectivity index (χ1) is 15.3. The Hall–Kier alpha value is -3.29. The molecule has 0 fully saturated rings. The zero-order valence-corrected chi connectivity index (χ0v) is 19.6. The zero-order valence-electron chi connectivity index (χ0n) is 18.8. The lowest BCUT2D eigenvalue weighted by Crippen LogP contribution is -2.33. The molecule has 0 aliphatic heterocycles. The summed E-state index contributed by atoms with van der Waals surface area (Å²) in [4.78, 5) is 32.7. The van der Waals surface area contributed by atoms with E-state index in [4.69, 9.17) is 0 Å². The van der Waals surface area contributed by atoms with E-state index in [0.29, 0.717) is 17.4 Å². The first kappa shape index (κ1) is 23.4. The van der Waals surface area contributed by atoms with Crippen molar-refractivity contribution in [1.82, 2.24) is 15.2 Å². The highest BCUT2D eigenvalue weighted by molar-refractivity contribution is 7.14. The molecule has 166 valence electrons. The summed E-state index contributed by atoms with van der Waals surface area (Å²) in [5, 5.41) is 5.36. The van der Waals surface area contributed by atoms with Crippen molar-refractivity contribution in [3.05, 3.63) is 82.9 Å². The van der Waals surface area contributed by atoms with E-state index in [1.807, 2.05) is 49.8 Å². The average molecular weight is 449 g/mol. The molecule has 1 aromatic heterocycles. The summed E-state index contributed by atoms with van der Waals surface area (Å²) < 4.78 is 0. The van der Waals surface area contributed by atoms with Crippen LogP contribution in [0.4, 0.5) is 10.8 Å². The molecule has 1 N–H and O–H groups in total. The fraction of sp³-hybridized carbons (Fsp3) is 0.240. The van der Waals surface area contributed by atoms with Crippen molar-refractivity contribution in [2.75, 3.05) is 25.5 Å². The molecular formula is C25H28N4O2S. The predicted octanol–water partition coefficient (Wildman–Crippen LogP) is 4.57. The molecule has 0 aliphatic carbocycles. The normalized spacial score (nSPS) is 12.2. The van der Waals surface area contributed by atoms with Crippen LogP contribution in [0.2, 0.25) is 0 Å². The Morgan fingerprint density at radius 3 is 2.41 bits per heavy atom. The molecule has 7 heteroatoms. The second-order valence-electron chi connectivity index (χ2n) is 7.71. The third-order valence-electron chi connectivity index (χ3n) is 4.99. The lowest BCUT2D eigenvalue weighted by Gasteiger charge is -2.25. The second-order valence-corrected chi connectivity index (χ2v) is 8.55. The van der Waals surface area contributed by atoms with E-state index in [1.165, 1.54) is 29.9 Å². The Morgan fingerprint density at radius 1 is 1.09 bits per heavy atom. The number of nitrogens with zero attached hydrogens (tertiary/aromatic N) is 3. The molecule has 6 nitrogen and oxygen atoms in total. The number of likely N-dealkylation sites (N-methyl/N-ethyl adjacent to an activating group) is 1. The topological polar surface area (TPSA) is 65.5 Å². The minimum absolute atomic E-state index is 0.0776. The van der Waals surface area contributed by atoms with E-state index >= 15 is 0 Å². The van der Waals surface area contributed by atoms with Gasteiger partial charge in [-0.15, -0.1) is 11.3 Å². The number of rotatable bonds is 8. The second kappa shape index (κ2) is 10.8. The van der Waals surface area contributed by atoms with Crippen LogP contribution in [0, 0.1) is 6.92 Å². The van der Waals surface area contributed by atoms with Crippen molar-refractivity contribution in [2.45, 2.75) is 19.9 Å². The number of hydrogen-bond donors (Lipinski definition) is 1. The van der Waals surface area contributed by atoms with E-state index < -0.39 is 0 Å². The smallest absolute Gasteiger partial charge is 0.244 e. The van der Waals surface area contributed by atoms with Gasteiger partial charge < -0.3 is 10.2 Å². The highest BCUT2D eigenvalue weighted by atomic mass is 32.1. The number of aryl methyl sites for hydroxylation is 1. The van der Waals surface area contributed by atoms with Crippen LogP contribution in [0.3, 0.4) is 0 Å². The van der Waals surface area contributed by atoms with Crippen LogP contribution < -0.4 is 10.2 Å². The summed E-state index contributed by atoms with van der Waals surface area (Å²) in [7, 11) is 3.99. The Balaban J connectivity index is 1.64. The first-order valence-corrected chi connectivity index (χ1v) is 11.2. The molecule has 0 saturated carbocycles. The SMILES string of the molecule is CC(=O)N(c1ccccc1)c1nc(/C=C/C(=O)NCC(c2ccc(C)cc2)N(C)C)cs1. The van der Waals surface area contributed by atoms with E-state index in [1.54, 1.807) is 11.0 Å². The van der Waals surface area contributed by atoms with Gasteiger partial charge in [-0.2, -0.15) is 0 Å². The lowest BCUT2D eigenvalue weighted by atomic mass is 10.0. The van der Waals surface area contributed by atoms with Crippen LogP contribution in [0.25, 0.3) is 6.08 Å². The largest absolute Gasteiger partial charge is 0.351 e. The first-order valence-electron chi connectivity index (χ1n) is 10.4. The highest BCUT2D eigenvalue weighted by Gasteiger charge is 2.17. The molecule has 1 heterocycles. The number of amides is 2. The van der Waals surface area contributed by atoms with Gasteiger partial charge in [0.05, 0.1) is 17.4 Å². The van der Waals surface area contributed by atoms with Crippen molar-refractivity contribution in [1.29, 1.82) is 0 Å². The number of nitrogens with one attached hydrogen (secondary N) is 1. The van der Waals surface area contributed by atoms with Crippen LogP contribution in [0.5, 0.6) is 0 Å². The number of benzene rings is 2. The van der Waals surface area contributed by atoms with Crippen LogP contribution >= 0.6 is 11.3 Å². The van der Waals surface area contributed by atoms with Crippen LogP contribution in [0.15, 0.2) is 66.1 Å². The molecule has 0 radical (unpaired) electrons. The Labute approximate surface area is 193 Å². The number of thiazole rings is 1. The molecule has 1 atom stereocenters. The van der Waals surface area contributed by atoms with E-state index in [-0.39, 0.29) is 17.9 Å². The van der Waals surface area contributed by atoms with Gasteiger partial charge in [0.1, 0.15) is 0 Å². The van der Waals surface area contributed by atoms with E-state index in [2.05, 4.69) is 46.4 Å². The van der Waals surface area contributed by atoms with Crippen LogP contribution in [0.1, 0.15) is 29.8 Å². The summed E-state index contributed by atoms with van der Waals surface area (Å²) in [5.74, 6) is -0.311. The van der Waals surface area contributed by atoms with Crippen molar-refractivity contribution < 1.29 is 9.59 Å². The Bertz CT molecular complexity index is 1070. The van der Waals surface area contributed by atoms with Gasteiger partial charge in [0.15, 0.2) is 5.13 Å². The predicted molar refractivity (Wildman–Crippen MR) is 131 cm³/mol. The Morgan fingerprint density at radius 2 is 1.78 bits per heavy atom. The van der Waals surface area contributed by atoms with Gasteiger partial charge in [0.25, 0.3) is 0 Å². The van der Waals surface area contributed by atoms with Gasteiger partial charge in [-0.3, -0.25) is 14.5 Å². The molecule has 0 aliphatic rings.